The lowest BCUT2D eigenvalue weighted by Gasteiger charge is -2.35. The largest absolute Gasteiger partial charge is 0.497 e. The van der Waals surface area contributed by atoms with Gasteiger partial charge >= 0.3 is 0 Å². The summed E-state index contributed by atoms with van der Waals surface area (Å²) in [6, 6.07) is 13.3. The number of piperidine rings is 1. The second kappa shape index (κ2) is 6.81. The minimum atomic E-state index is 0.496. The second-order valence-corrected chi connectivity index (χ2v) is 6.82. The fraction of sp³-hybridized carbons (Fsp3) is 0.450. The molecule has 4 nitrogen and oxygen atoms in total. The van der Waals surface area contributed by atoms with Gasteiger partial charge in [0.15, 0.2) is 0 Å². The van der Waals surface area contributed by atoms with E-state index in [2.05, 4.69) is 16.0 Å². The van der Waals surface area contributed by atoms with Crippen LogP contribution in [0.5, 0.6) is 11.5 Å². The van der Waals surface area contributed by atoms with Gasteiger partial charge in [-0.05, 0) is 48.9 Å². The molecule has 2 aromatic rings. The van der Waals surface area contributed by atoms with Crippen LogP contribution in [0.2, 0.25) is 0 Å². The van der Waals surface area contributed by atoms with Gasteiger partial charge in [-0.3, -0.25) is 9.88 Å². The van der Waals surface area contributed by atoms with Gasteiger partial charge in [0.1, 0.15) is 18.1 Å². The Morgan fingerprint density at radius 1 is 1.17 bits per heavy atom. The fourth-order valence-corrected chi connectivity index (χ4v) is 4.24. The van der Waals surface area contributed by atoms with Crippen LogP contribution in [0.15, 0.2) is 48.8 Å². The molecule has 1 saturated heterocycles. The Kier molecular flexibility index (Phi) is 4.39. The summed E-state index contributed by atoms with van der Waals surface area (Å²) in [5, 5.41) is 0. The van der Waals surface area contributed by atoms with Crippen molar-refractivity contribution in [2.45, 2.75) is 37.9 Å². The molecule has 2 aliphatic rings. The summed E-state index contributed by atoms with van der Waals surface area (Å²) in [4.78, 5) is 6.89. The van der Waals surface area contributed by atoms with E-state index in [1.807, 2.05) is 42.7 Å². The molecule has 4 heteroatoms. The highest BCUT2D eigenvalue weighted by Gasteiger charge is 2.45. The number of ether oxygens (including phenoxy) is 2. The number of nitrogens with zero attached hydrogens (tertiary/aromatic N) is 2. The van der Waals surface area contributed by atoms with Gasteiger partial charge in [0.25, 0.3) is 0 Å². The van der Waals surface area contributed by atoms with Crippen molar-refractivity contribution < 1.29 is 9.47 Å². The SMILES string of the molecule is COc1cccc(OC[C@@H]2C3CCC(C3)N2Cc2cccnc2)c1. The molecule has 4 rings (SSSR count). The lowest BCUT2D eigenvalue weighted by atomic mass is 9.99. The van der Waals surface area contributed by atoms with Gasteiger partial charge < -0.3 is 9.47 Å². The van der Waals surface area contributed by atoms with Crippen LogP contribution in [0.1, 0.15) is 24.8 Å². The van der Waals surface area contributed by atoms with Crippen LogP contribution in [0.4, 0.5) is 0 Å². The van der Waals surface area contributed by atoms with Crippen molar-refractivity contribution in [3.8, 4) is 11.5 Å². The number of likely N-dealkylation sites (tertiary alicyclic amines) is 1. The highest BCUT2D eigenvalue weighted by Crippen LogP contribution is 2.43. The third kappa shape index (κ3) is 3.11. The molecule has 2 fully saturated rings. The van der Waals surface area contributed by atoms with E-state index in [1.165, 1.54) is 24.8 Å². The van der Waals surface area contributed by atoms with Gasteiger partial charge in [0.05, 0.1) is 7.11 Å². The Hall–Kier alpha value is -2.07. The van der Waals surface area contributed by atoms with Gasteiger partial charge in [-0.25, -0.2) is 0 Å². The van der Waals surface area contributed by atoms with Crippen LogP contribution in [-0.4, -0.2) is 35.7 Å². The van der Waals surface area contributed by atoms with Crippen molar-refractivity contribution in [2.75, 3.05) is 13.7 Å². The molecule has 0 N–H and O–H groups in total. The third-order valence-electron chi connectivity index (χ3n) is 5.43. The third-order valence-corrected chi connectivity index (χ3v) is 5.43. The highest BCUT2D eigenvalue weighted by atomic mass is 16.5. The summed E-state index contributed by atoms with van der Waals surface area (Å²) in [6.45, 7) is 1.72. The van der Waals surface area contributed by atoms with Crippen LogP contribution < -0.4 is 9.47 Å². The standard InChI is InChI=1S/C20H24N2O2/c1-23-18-5-2-6-19(11-18)24-14-20-16-7-8-17(10-16)22(20)13-15-4-3-9-21-12-15/h2-6,9,11-12,16-17,20H,7-8,10,13-14H2,1H3/t16?,17?,20-/m1/s1. The number of methoxy groups -OCH3 is 1. The second-order valence-electron chi connectivity index (χ2n) is 6.82. The summed E-state index contributed by atoms with van der Waals surface area (Å²) in [6.07, 6.45) is 7.78. The minimum Gasteiger partial charge on any atom is -0.497 e. The van der Waals surface area contributed by atoms with E-state index in [9.17, 15) is 0 Å². The van der Waals surface area contributed by atoms with Crippen molar-refractivity contribution >= 4 is 0 Å². The Labute approximate surface area is 143 Å². The van der Waals surface area contributed by atoms with Crippen molar-refractivity contribution in [1.82, 2.24) is 9.88 Å². The summed E-state index contributed by atoms with van der Waals surface area (Å²) in [5.74, 6) is 2.49. The zero-order valence-corrected chi connectivity index (χ0v) is 14.1. The van der Waals surface area contributed by atoms with E-state index in [0.29, 0.717) is 12.1 Å². The number of aromatic nitrogens is 1. The molecule has 1 aliphatic heterocycles. The van der Waals surface area contributed by atoms with E-state index in [1.54, 1.807) is 7.11 Å². The summed E-state index contributed by atoms with van der Waals surface area (Å²) in [5.41, 5.74) is 1.29. The number of rotatable bonds is 6. The van der Waals surface area contributed by atoms with E-state index in [-0.39, 0.29) is 0 Å². The van der Waals surface area contributed by atoms with Gasteiger partial charge in [-0.15, -0.1) is 0 Å². The van der Waals surface area contributed by atoms with Crippen LogP contribution in [0, 0.1) is 5.92 Å². The van der Waals surface area contributed by atoms with Gasteiger partial charge in [0, 0.05) is 37.1 Å². The number of hydrogen-bond acceptors (Lipinski definition) is 4. The van der Waals surface area contributed by atoms with Crippen molar-refractivity contribution in [1.29, 1.82) is 0 Å². The molecule has 0 spiro atoms. The van der Waals surface area contributed by atoms with E-state index in [4.69, 9.17) is 9.47 Å². The molecule has 1 saturated carbocycles. The molecular weight excluding hydrogens is 300 g/mol. The monoisotopic (exact) mass is 324 g/mol. The average Bonchev–Trinajstić information content (AvgIpc) is 3.23. The Morgan fingerprint density at radius 3 is 2.92 bits per heavy atom. The molecule has 1 aliphatic carbocycles. The van der Waals surface area contributed by atoms with E-state index >= 15 is 0 Å². The van der Waals surface area contributed by atoms with E-state index < -0.39 is 0 Å². The maximum Gasteiger partial charge on any atom is 0.123 e. The summed E-state index contributed by atoms with van der Waals surface area (Å²) >= 11 is 0. The quantitative estimate of drug-likeness (QED) is 0.814. The predicted octanol–water partition coefficient (Wildman–Crippen LogP) is 3.52. The molecule has 1 aromatic carbocycles. The lowest BCUT2D eigenvalue weighted by molar-refractivity contribution is 0.0866. The van der Waals surface area contributed by atoms with Crippen molar-refractivity contribution in [3.05, 3.63) is 54.4 Å². The number of pyridine rings is 1. The fourth-order valence-electron chi connectivity index (χ4n) is 4.24. The minimum absolute atomic E-state index is 0.496. The summed E-state index contributed by atoms with van der Waals surface area (Å²) < 4.78 is 11.4. The summed E-state index contributed by atoms with van der Waals surface area (Å²) in [7, 11) is 1.69. The zero-order chi connectivity index (χ0) is 16.4. The molecular formula is C20H24N2O2. The predicted molar refractivity (Wildman–Crippen MR) is 93.2 cm³/mol. The maximum atomic E-state index is 6.12. The number of hydrogen-bond donors (Lipinski definition) is 0. The molecule has 24 heavy (non-hydrogen) atoms. The van der Waals surface area contributed by atoms with Crippen molar-refractivity contribution in [3.63, 3.8) is 0 Å². The number of fused-ring (bicyclic) bond motifs is 2. The van der Waals surface area contributed by atoms with Crippen LogP contribution in [0.25, 0.3) is 0 Å². The molecule has 2 unspecified atom stereocenters. The highest BCUT2D eigenvalue weighted by molar-refractivity contribution is 5.32. The molecule has 3 atom stereocenters. The van der Waals surface area contributed by atoms with E-state index in [0.717, 1.165) is 30.6 Å². The lowest BCUT2D eigenvalue weighted by Crippen LogP contribution is -2.43. The molecule has 126 valence electrons. The Morgan fingerprint density at radius 2 is 2.08 bits per heavy atom. The first-order chi connectivity index (χ1) is 11.8. The molecule has 0 radical (unpaired) electrons. The topological polar surface area (TPSA) is 34.6 Å². The first-order valence-electron chi connectivity index (χ1n) is 8.75. The van der Waals surface area contributed by atoms with Crippen LogP contribution in [-0.2, 0) is 6.54 Å². The molecule has 2 heterocycles. The Balaban J connectivity index is 1.44. The zero-order valence-electron chi connectivity index (χ0n) is 14.1. The molecule has 0 amide bonds. The normalized spacial score (nSPS) is 25.8. The van der Waals surface area contributed by atoms with Crippen molar-refractivity contribution in [2.24, 2.45) is 5.92 Å². The first kappa shape index (κ1) is 15.5. The smallest absolute Gasteiger partial charge is 0.123 e. The average molecular weight is 324 g/mol. The Bertz CT molecular complexity index is 676. The maximum absolute atomic E-state index is 6.12. The van der Waals surface area contributed by atoms with Gasteiger partial charge in [-0.1, -0.05) is 12.1 Å². The molecule has 1 aromatic heterocycles. The van der Waals surface area contributed by atoms with Crippen LogP contribution >= 0.6 is 0 Å². The molecule has 2 bridgehead atoms. The first-order valence-corrected chi connectivity index (χ1v) is 8.75. The van der Waals surface area contributed by atoms with Gasteiger partial charge in [-0.2, -0.15) is 0 Å². The van der Waals surface area contributed by atoms with Gasteiger partial charge in [0.2, 0.25) is 0 Å². The van der Waals surface area contributed by atoms with Crippen LogP contribution in [0.3, 0.4) is 0 Å². The number of benzene rings is 1.